The van der Waals surface area contributed by atoms with Crippen LogP contribution >= 0.6 is 0 Å². The van der Waals surface area contributed by atoms with E-state index in [9.17, 15) is 9.90 Å². The van der Waals surface area contributed by atoms with Crippen LogP contribution in [0.3, 0.4) is 0 Å². The molecule has 3 N–H and O–H groups in total. The molecular formula is C32H39N7O3. The zero-order valence-corrected chi connectivity index (χ0v) is 24.1. The predicted molar refractivity (Wildman–Crippen MR) is 164 cm³/mol. The van der Waals surface area contributed by atoms with Crippen molar-refractivity contribution in [3.8, 4) is 5.75 Å². The van der Waals surface area contributed by atoms with Gasteiger partial charge >= 0.3 is 5.97 Å². The maximum absolute atomic E-state index is 12.2. The molecule has 3 aromatic heterocycles. The number of aliphatic carboxylic acids is 1. The Labute approximate surface area is 246 Å². The number of hydrogen-bond donors (Lipinski definition) is 3. The number of fused-ring (bicyclic) bond motifs is 2. The number of rotatable bonds is 15. The second kappa shape index (κ2) is 14.5. The van der Waals surface area contributed by atoms with E-state index in [4.69, 9.17) is 9.72 Å². The summed E-state index contributed by atoms with van der Waals surface area (Å²) >= 11 is 0. The number of carboxylic acid groups (broad SMARTS) is 1. The predicted octanol–water partition coefficient (Wildman–Crippen LogP) is 4.75. The number of hydrogen-bond acceptors (Lipinski definition) is 9. The molecule has 0 saturated heterocycles. The Hall–Kier alpha value is -4.31. The molecule has 0 spiro atoms. The summed E-state index contributed by atoms with van der Waals surface area (Å²) in [5.41, 5.74) is 4.84. The molecule has 0 aliphatic carbocycles. The lowest BCUT2D eigenvalue weighted by molar-refractivity contribution is -0.138. The van der Waals surface area contributed by atoms with Gasteiger partial charge in [0.05, 0.1) is 23.4 Å². The van der Waals surface area contributed by atoms with Crippen molar-refractivity contribution in [1.82, 2.24) is 24.8 Å². The third-order valence-corrected chi connectivity index (χ3v) is 7.47. The average Bonchev–Trinajstić information content (AvgIpc) is 3.01. The fourth-order valence-electron chi connectivity index (χ4n) is 5.09. The summed E-state index contributed by atoms with van der Waals surface area (Å²) in [6.45, 7) is 5.53. The Morgan fingerprint density at radius 3 is 2.74 bits per heavy atom. The van der Waals surface area contributed by atoms with Crippen LogP contribution in [0.2, 0.25) is 0 Å². The fraction of sp³-hybridized carbons (Fsp3) is 0.406. The molecule has 42 heavy (non-hydrogen) atoms. The van der Waals surface area contributed by atoms with E-state index >= 15 is 0 Å². The van der Waals surface area contributed by atoms with Crippen molar-refractivity contribution >= 4 is 28.6 Å². The van der Waals surface area contributed by atoms with Crippen LogP contribution in [0, 0.1) is 6.92 Å². The number of ether oxygens (including phenoxy) is 1. The Balaban J connectivity index is 1.16. The highest BCUT2D eigenvalue weighted by atomic mass is 16.5. The first kappa shape index (κ1) is 29.2. The Morgan fingerprint density at radius 1 is 1.02 bits per heavy atom. The first-order valence-corrected chi connectivity index (χ1v) is 14.7. The first-order chi connectivity index (χ1) is 20.5. The highest BCUT2D eigenvalue weighted by molar-refractivity contribution is 5.78. The number of carbonyl (C=O) groups is 1. The number of nitrogens with zero attached hydrogens (tertiary/aromatic N) is 5. The minimum absolute atomic E-state index is 0.411. The van der Waals surface area contributed by atoms with Crippen molar-refractivity contribution in [1.29, 1.82) is 0 Å². The first-order valence-electron chi connectivity index (χ1n) is 14.7. The zero-order chi connectivity index (χ0) is 29.1. The molecule has 220 valence electrons. The van der Waals surface area contributed by atoms with E-state index in [-0.39, 0.29) is 0 Å². The SMILES string of the molecule is Cc1ccc(OCCN(CCCCc2ccc3c(n2)NCCC3)CCC(Nc2cnc3ccccc3n2)C(=O)O)cn1. The molecule has 1 atom stereocenters. The Bertz CT molecular complexity index is 1460. The number of carboxylic acids is 1. The molecule has 0 amide bonds. The van der Waals surface area contributed by atoms with Crippen LogP contribution in [0.5, 0.6) is 5.75 Å². The van der Waals surface area contributed by atoms with Crippen molar-refractivity contribution in [2.24, 2.45) is 0 Å². The average molecular weight is 570 g/mol. The smallest absolute Gasteiger partial charge is 0.326 e. The van der Waals surface area contributed by atoms with Crippen molar-refractivity contribution in [3.63, 3.8) is 0 Å². The summed E-state index contributed by atoms with van der Waals surface area (Å²) in [6, 6.07) is 14.9. The molecule has 1 aliphatic heterocycles. The van der Waals surface area contributed by atoms with Gasteiger partial charge in [0.2, 0.25) is 0 Å². The number of unbranched alkanes of at least 4 members (excludes halogenated alkanes) is 1. The second-order valence-corrected chi connectivity index (χ2v) is 10.7. The van der Waals surface area contributed by atoms with Crippen LogP contribution < -0.4 is 15.4 Å². The highest BCUT2D eigenvalue weighted by Crippen LogP contribution is 2.20. The van der Waals surface area contributed by atoms with Crippen molar-refractivity contribution in [2.75, 3.05) is 43.4 Å². The largest absolute Gasteiger partial charge is 0.491 e. The molecule has 10 heteroatoms. The minimum Gasteiger partial charge on any atom is -0.491 e. The molecule has 10 nitrogen and oxygen atoms in total. The molecule has 4 heterocycles. The molecule has 0 radical (unpaired) electrons. The second-order valence-electron chi connectivity index (χ2n) is 10.7. The van der Waals surface area contributed by atoms with Gasteiger partial charge in [-0.1, -0.05) is 18.2 Å². The number of pyridine rings is 2. The van der Waals surface area contributed by atoms with Gasteiger partial charge < -0.3 is 20.5 Å². The molecule has 0 fully saturated rings. The number of anilines is 2. The summed E-state index contributed by atoms with van der Waals surface area (Å²) in [6.07, 6.45) is 8.85. The lowest BCUT2D eigenvalue weighted by Crippen LogP contribution is -2.37. The van der Waals surface area contributed by atoms with Crippen molar-refractivity contribution in [3.05, 3.63) is 77.9 Å². The Kier molecular flexibility index (Phi) is 10.1. The van der Waals surface area contributed by atoms with Crippen LogP contribution in [0.15, 0.2) is 60.9 Å². The summed E-state index contributed by atoms with van der Waals surface area (Å²) in [5.74, 6) is 1.30. The summed E-state index contributed by atoms with van der Waals surface area (Å²) in [5, 5.41) is 16.4. The van der Waals surface area contributed by atoms with E-state index in [0.29, 0.717) is 31.9 Å². The molecule has 1 unspecified atom stereocenters. The maximum atomic E-state index is 12.2. The van der Waals surface area contributed by atoms with E-state index in [1.54, 1.807) is 12.4 Å². The van der Waals surface area contributed by atoms with E-state index in [1.807, 2.05) is 43.3 Å². The molecule has 4 aromatic rings. The van der Waals surface area contributed by atoms with Crippen molar-refractivity contribution < 1.29 is 14.6 Å². The van der Waals surface area contributed by atoms with Gasteiger partial charge in [-0.2, -0.15) is 0 Å². The minimum atomic E-state index is -0.918. The molecular weight excluding hydrogens is 530 g/mol. The van der Waals surface area contributed by atoms with Gasteiger partial charge in [0.1, 0.15) is 30.0 Å². The molecule has 5 rings (SSSR count). The topological polar surface area (TPSA) is 125 Å². The van der Waals surface area contributed by atoms with E-state index < -0.39 is 12.0 Å². The standard InChI is InChI=1S/C32H39N7O3/c1-23-11-14-26(21-34-23)42-20-19-39(17-5-4-8-25-13-12-24-7-6-16-33-31(24)36-25)18-15-29(32(40)41)38-30-22-35-27-9-2-3-10-28(27)37-30/h2-3,9-14,21-22,29H,4-8,15-20H2,1H3,(H,33,36)(H,37,38)(H,40,41). The third-order valence-electron chi connectivity index (χ3n) is 7.47. The van der Waals surface area contributed by atoms with Crippen LogP contribution in [-0.4, -0.2) is 74.7 Å². The van der Waals surface area contributed by atoms with E-state index in [2.05, 4.69) is 42.6 Å². The van der Waals surface area contributed by atoms with Crippen LogP contribution in [0.4, 0.5) is 11.6 Å². The number of para-hydroxylation sites is 2. The van der Waals surface area contributed by atoms with Crippen LogP contribution in [0.1, 0.15) is 42.6 Å². The van der Waals surface area contributed by atoms with E-state index in [0.717, 1.165) is 79.2 Å². The molecule has 0 bridgehead atoms. The van der Waals surface area contributed by atoms with Gasteiger partial charge in [0.25, 0.3) is 0 Å². The van der Waals surface area contributed by atoms with Gasteiger partial charge in [-0.15, -0.1) is 0 Å². The summed E-state index contributed by atoms with van der Waals surface area (Å²) < 4.78 is 5.94. The summed E-state index contributed by atoms with van der Waals surface area (Å²) in [7, 11) is 0. The van der Waals surface area contributed by atoms with Gasteiger partial charge in [0.15, 0.2) is 0 Å². The van der Waals surface area contributed by atoms with Crippen molar-refractivity contribution in [2.45, 2.75) is 51.5 Å². The number of nitrogens with one attached hydrogen (secondary N) is 2. The lowest BCUT2D eigenvalue weighted by Gasteiger charge is -2.24. The van der Waals surface area contributed by atoms with Gasteiger partial charge in [-0.25, -0.2) is 14.8 Å². The van der Waals surface area contributed by atoms with Gasteiger partial charge in [-0.3, -0.25) is 14.9 Å². The monoisotopic (exact) mass is 569 g/mol. The number of aryl methyl sites for hydroxylation is 3. The number of aromatic nitrogens is 4. The van der Waals surface area contributed by atoms with Crippen LogP contribution in [0.25, 0.3) is 11.0 Å². The molecule has 1 aromatic carbocycles. The normalized spacial score (nSPS) is 13.4. The van der Waals surface area contributed by atoms with Crippen LogP contribution in [-0.2, 0) is 17.6 Å². The molecule has 0 saturated carbocycles. The third kappa shape index (κ3) is 8.36. The van der Waals surface area contributed by atoms with Gasteiger partial charge in [0, 0.05) is 31.0 Å². The number of benzene rings is 1. The quantitative estimate of drug-likeness (QED) is 0.173. The van der Waals surface area contributed by atoms with Gasteiger partial charge in [-0.05, 0) is 87.9 Å². The summed E-state index contributed by atoms with van der Waals surface area (Å²) in [4.78, 5) is 32.5. The van der Waals surface area contributed by atoms with E-state index in [1.165, 1.54) is 5.56 Å². The highest BCUT2D eigenvalue weighted by Gasteiger charge is 2.20. The maximum Gasteiger partial charge on any atom is 0.326 e. The fourth-order valence-corrected chi connectivity index (χ4v) is 5.09. The lowest BCUT2D eigenvalue weighted by atomic mass is 10.1. The molecule has 1 aliphatic rings. The Morgan fingerprint density at radius 2 is 1.90 bits per heavy atom. The zero-order valence-electron chi connectivity index (χ0n) is 24.1.